The van der Waals surface area contributed by atoms with E-state index in [-0.39, 0.29) is 17.7 Å². The van der Waals surface area contributed by atoms with Crippen molar-refractivity contribution in [2.75, 3.05) is 28.6 Å². The smallest absolute Gasteiger partial charge is 0.255 e. The molecule has 0 radical (unpaired) electrons. The third kappa shape index (κ3) is 5.33. The van der Waals surface area contributed by atoms with Gasteiger partial charge in [0.05, 0.1) is 0 Å². The lowest BCUT2D eigenvalue weighted by Crippen LogP contribution is -2.22. The zero-order valence-corrected chi connectivity index (χ0v) is 16.8. The van der Waals surface area contributed by atoms with Gasteiger partial charge in [-0.2, -0.15) is 0 Å². The highest BCUT2D eigenvalue weighted by atomic mass is 16.2. The van der Waals surface area contributed by atoms with Crippen LogP contribution in [0.15, 0.2) is 42.5 Å². The molecule has 0 aromatic heterocycles. The molecule has 0 unspecified atom stereocenters. The van der Waals surface area contributed by atoms with Crippen LogP contribution in [0.25, 0.3) is 0 Å². The van der Waals surface area contributed by atoms with Crippen molar-refractivity contribution in [2.24, 2.45) is 5.92 Å². The molecule has 0 bridgehead atoms. The highest BCUT2D eigenvalue weighted by Gasteiger charge is 2.12. The zero-order chi connectivity index (χ0) is 20.0. The maximum Gasteiger partial charge on any atom is 0.255 e. The topological polar surface area (TPSA) is 61.4 Å². The van der Waals surface area contributed by atoms with Gasteiger partial charge >= 0.3 is 0 Å². The molecule has 0 heterocycles. The minimum absolute atomic E-state index is 0.0527. The average molecular weight is 367 g/mol. The molecular weight excluding hydrogens is 338 g/mol. The fraction of sp³-hybridized carbons (Fsp3) is 0.364. The molecule has 0 fully saturated rings. The first-order chi connectivity index (χ1) is 12.8. The van der Waals surface area contributed by atoms with Gasteiger partial charge in [-0.05, 0) is 62.7 Å². The molecule has 144 valence electrons. The van der Waals surface area contributed by atoms with E-state index in [0.29, 0.717) is 16.9 Å². The summed E-state index contributed by atoms with van der Waals surface area (Å²) < 4.78 is 0. The summed E-state index contributed by atoms with van der Waals surface area (Å²) in [5.41, 5.74) is 4.00. The molecule has 2 aromatic rings. The summed E-state index contributed by atoms with van der Waals surface area (Å²) in [6, 6.07) is 13.1. The Kier molecular flexibility index (Phi) is 6.99. The quantitative estimate of drug-likeness (QED) is 0.746. The van der Waals surface area contributed by atoms with Gasteiger partial charge in [0.25, 0.3) is 5.91 Å². The summed E-state index contributed by atoms with van der Waals surface area (Å²) in [7, 11) is 0. The highest BCUT2D eigenvalue weighted by molar-refractivity contribution is 6.05. The van der Waals surface area contributed by atoms with Crippen molar-refractivity contribution in [3.8, 4) is 0 Å². The van der Waals surface area contributed by atoms with E-state index in [1.165, 1.54) is 0 Å². The molecule has 0 atom stereocenters. The summed E-state index contributed by atoms with van der Waals surface area (Å²) in [5.74, 6) is -0.326. The Morgan fingerprint density at radius 3 is 2.15 bits per heavy atom. The molecule has 0 aliphatic heterocycles. The number of aryl methyl sites for hydroxylation is 1. The number of carbonyl (C=O) groups excluding carboxylic acids is 2. The minimum atomic E-state index is -0.170. The monoisotopic (exact) mass is 367 g/mol. The van der Waals surface area contributed by atoms with E-state index < -0.39 is 0 Å². The van der Waals surface area contributed by atoms with Crippen LogP contribution in [0.1, 0.15) is 43.6 Å². The Morgan fingerprint density at radius 2 is 1.59 bits per heavy atom. The maximum atomic E-state index is 12.6. The van der Waals surface area contributed by atoms with Crippen LogP contribution in [0.5, 0.6) is 0 Å². The van der Waals surface area contributed by atoms with Gasteiger partial charge in [-0.1, -0.05) is 19.9 Å². The van der Waals surface area contributed by atoms with Crippen molar-refractivity contribution < 1.29 is 9.59 Å². The Hall–Kier alpha value is -2.82. The summed E-state index contributed by atoms with van der Waals surface area (Å²) >= 11 is 0. The Morgan fingerprint density at radius 1 is 0.963 bits per heavy atom. The number of nitrogens with zero attached hydrogens (tertiary/aromatic N) is 1. The van der Waals surface area contributed by atoms with Gasteiger partial charge in [0.2, 0.25) is 5.91 Å². The number of benzene rings is 2. The van der Waals surface area contributed by atoms with E-state index in [9.17, 15) is 9.59 Å². The Bertz CT molecular complexity index is 794. The lowest BCUT2D eigenvalue weighted by atomic mass is 10.1. The third-order valence-electron chi connectivity index (χ3n) is 4.54. The minimum Gasteiger partial charge on any atom is -0.372 e. The lowest BCUT2D eigenvalue weighted by Gasteiger charge is -2.21. The van der Waals surface area contributed by atoms with Crippen LogP contribution in [0.3, 0.4) is 0 Å². The predicted molar refractivity (Wildman–Crippen MR) is 113 cm³/mol. The molecule has 0 saturated carbocycles. The van der Waals surface area contributed by atoms with E-state index in [1.54, 1.807) is 6.07 Å². The van der Waals surface area contributed by atoms with Gasteiger partial charge < -0.3 is 15.5 Å². The molecule has 5 nitrogen and oxygen atoms in total. The van der Waals surface area contributed by atoms with E-state index in [1.807, 2.05) is 57.2 Å². The van der Waals surface area contributed by atoms with Crippen molar-refractivity contribution >= 4 is 28.9 Å². The number of nitrogens with one attached hydrogen (secondary N) is 2. The van der Waals surface area contributed by atoms with Crippen molar-refractivity contribution in [1.29, 1.82) is 0 Å². The van der Waals surface area contributed by atoms with Crippen LogP contribution < -0.4 is 15.5 Å². The molecule has 0 aliphatic rings. The van der Waals surface area contributed by atoms with Crippen LogP contribution in [0.2, 0.25) is 0 Å². The molecule has 2 N–H and O–H groups in total. The fourth-order valence-electron chi connectivity index (χ4n) is 2.73. The van der Waals surface area contributed by atoms with Crippen LogP contribution >= 0.6 is 0 Å². The van der Waals surface area contributed by atoms with E-state index in [0.717, 1.165) is 24.3 Å². The molecule has 0 aliphatic carbocycles. The molecule has 5 heteroatoms. The van der Waals surface area contributed by atoms with Gasteiger partial charge in [0.15, 0.2) is 0 Å². The van der Waals surface area contributed by atoms with Gasteiger partial charge in [-0.15, -0.1) is 0 Å². The van der Waals surface area contributed by atoms with Crippen molar-refractivity contribution in [3.05, 3.63) is 53.6 Å². The second kappa shape index (κ2) is 9.21. The highest BCUT2D eigenvalue weighted by Crippen LogP contribution is 2.22. The van der Waals surface area contributed by atoms with E-state index in [4.69, 9.17) is 0 Å². The molecule has 0 spiro atoms. The molecule has 2 rings (SSSR count). The number of hydrogen-bond donors (Lipinski definition) is 2. The predicted octanol–water partition coefficient (Wildman–Crippen LogP) is 4.69. The normalized spacial score (nSPS) is 10.6. The summed E-state index contributed by atoms with van der Waals surface area (Å²) in [4.78, 5) is 26.7. The lowest BCUT2D eigenvalue weighted by molar-refractivity contribution is -0.118. The fourth-order valence-corrected chi connectivity index (χ4v) is 2.73. The van der Waals surface area contributed by atoms with Crippen LogP contribution in [0, 0.1) is 12.8 Å². The number of rotatable bonds is 7. The second-order valence-electron chi connectivity index (χ2n) is 6.85. The molecule has 2 amide bonds. The number of anilines is 3. The van der Waals surface area contributed by atoms with Crippen LogP contribution in [-0.4, -0.2) is 24.9 Å². The molecular formula is C22H29N3O2. The van der Waals surface area contributed by atoms with E-state index >= 15 is 0 Å². The average Bonchev–Trinajstić information content (AvgIpc) is 2.65. The molecule has 2 aromatic carbocycles. The Balaban J connectivity index is 2.14. The van der Waals surface area contributed by atoms with Crippen LogP contribution in [0.4, 0.5) is 17.1 Å². The van der Waals surface area contributed by atoms with Gasteiger partial charge in [0, 0.05) is 41.6 Å². The number of carbonyl (C=O) groups is 2. The first-order valence-electron chi connectivity index (χ1n) is 9.43. The first kappa shape index (κ1) is 20.5. The largest absolute Gasteiger partial charge is 0.372 e. The molecule has 27 heavy (non-hydrogen) atoms. The summed E-state index contributed by atoms with van der Waals surface area (Å²) in [6.45, 7) is 11.7. The van der Waals surface area contributed by atoms with Gasteiger partial charge in [-0.25, -0.2) is 0 Å². The van der Waals surface area contributed by atoms with Crippen molar-refractivity contribution in [1.82, 2.24) is 0 Å². The van der Waals surface area contributed by atoms with Crippen molar-refractivity contribution in [3.63, 3.8) is 0 Å². The van der Waals surface area contributed by atoms with Gasteiger partial charge in [-0.3, -0.25) is 9.59 Å². The molecule has 0 saturated heterocycles. The summed E-state index contributed by atoms with van der Waals surface area (Å²) in [6.07, 6.45) is 0. The second-order valence-corrected chi connectivity index (χ2v) is 6.85. The third-order valence-corrected chi connectivity index (χ3v) is 4.54. The number of hydrogen-bond acceptors (Lipinski definition) is 3. The Labute approximate surface area is 161 Å². The van der Waals surface area contributed by atoms with Crippen molar-refractivity contribution in [2.45, 2.75) is 34.6 Å². The van der Waals surface area contributed by atoms with Gasteiger partial charge in [0.1, 0.15) is 0 Å². The first-order valence-corrected chi connectivity index (χ1v) is 9.43. The van der Waals surface area contributed by atoms with Crippen LogP contribution in [-0.2, 0) is 4.79 Å². The zero-order valence-electron chi connectivity index (χ0n) is 16.8. The number of amides is 2. The van der Waals surface area contributed by atoms with E-state index in [2.05, 4.69) is 29.4 Å². The standard InChI is InChI=1S/C22H29N3O2/c1-6-25(7-2)19-12-9-17(10-13-19)22(27)24-20-14-18(11-8-16(20)5)23-21(26)15(3)4/h8-15H,6-7H2,1-5H3,(H,23,26)(H,24,27). The summed E-state index contributed by atoms with van der Waals surface area (Å²) in [5, 5.41) is 5.80. The SMILES string of the molecule is CCN(CC)c1ccc(C(=O)Nc2cc(NC(=O)C(C)C)ccc2C)cc1. The maximum absolute atomic E-state index is 12.6.